The Bertz CT molecular complexity index is 337. The molecule has 0 saturated carbocycles. The maximum absolute atomic E-state index is 5.94. The second-order valence-corrected chi connectivity index (χ2v) is 5.34. The second-order valence-electron chi connectivity index (χ2n) is 5.34. The van der Waals surface area contributed by atoms with Gasteiger partial charge in [0.2, 0.25) is 0 Å². The van der Waals surface area contributed by atoms with Gasteiger partial charge in [-0.05, 0) is 57.7 Å². The van der Waals surface area contributed by atoms with E-state index in [2.05, 4.69) is 51.2 Å². The average Bonchev–Trinajstić information content (AvgIpc) is 2.16. The van der Waals surface area contributed by atoms with Crippen molar-refractivity contribution in [3.8, 4) is 0 Å². The van der Waals surface area contributed by atoms with Gasteiger partial charge in [0.25, 0.3) is 0 Å². The molecule has 1 aromatic rings. The molecule has 0 unspecified atom stereocenters. The van der Waals surface area contributed by atoms with Crippen molar-refractivity contribution in [3.63, 3.8) is 0 Å². The minimum Gasteiger partial charge on any atom is -0.385 e. The fourth-order valence-electron chi connectivity index (χ4n) is 1.69. The topological polar surface area (TPSA) is 38.0 Å². The summed E-state index contributed by atoms with van der Waals surface area (Å²) in [4.78, 5) is 0. The van der Waals surface area contributed by atoms with Crippen LogP contribution in [-0.4, -0.2) is 12.1 Å². The number of nitrogens with one attached hydrogen (secondary N) is 1. The lowest BCUT2D eigenvalue weighted by atomic mass is 10.0. The summed E-state index contributed by atoms with van der Waals surface area (Å²) in [6.45, 7) is 9.39. The van der Waals surface area contributed by atoms with Gasteiger partial charge in [-0.15, -0.1) is 0 Å². The summed E-state index contributed by atoms with van der Waals surface area (Å²) in [5.41, 5.74) is 9.74. The second kappa shape index (κ2) is 5.35. The van der Waals surface area contributed by atoms with Crippen LogP contribution in [0.25, 0.3) is 0 Å². The Morgan fingerprint density at radius 3 is 2.56 bits per heavy atom. The first-order valence-electron chi connectivity index (χ1n) is 5.98. The number of benzene rings is 1. The Kier molecular flexibility index (Phi) is 4.36. The lowest BCUT2D eigenvalue weighted by Gasteiger charge is -2.18. The Hall–Kier alpha value is -1.02. The molecular formula is C14H24N2. The molecule has 2 nitrogen and oxygen atoms in total. The lowest BCUT2D eigenvalue weighted by molar-refractivity contribution is 0.465. The number of nitrogens with two attached hydrogens (primary N) is 1. The monoisotopic (exact) mass is 220 g/mol. The number of hydrogen-bond donors (Lipinski definition) is 2. The van der Waals surface area contributed by atoms with Crippen molar-refractivity contribution in [2.45, 2.75) is 46.1 Å². The third-order valence-corrected chi connectivity index (χ3v) is 2.71. The highest BCUT2D eigenvalue weighted by Gasteiger charge is 2.09. The van der Waals surface area contributed by atoms with Crippen LogP contribution in [0, 0.1) is 13.8 Å². The molecule has 2 heteroatoms. The van der Waals surface area contributed by atoms with Crippen LogP contribution in [0.3, 0.4) is 0 Å². The molecule has 0 fully saturated rings. The van der Waals surface area contributed by atoms with E-state index < -0.39 is 0 Å². The normalized spacial score (nSPS) is 11.6. The summed E-state index contributed by atoms with van der Waals surface area (Å²) in [6.07, 6.45) is 2.15. The van der Waals surface area contributed by atoms with Crippen LogP contribution in [0.2, 0.25) is 0 Å². The van der Waals surface area contributed by atoms with Crippen LogP contribution in [0.4, 0.5) is 5.69 Å². The molecule has 1 rings (SSSR count). The Balaban J connectivity index is 2.40. The largest absolute Gasteiger partial charge is 0.385 e. The molecule has 16 heavy (non-hydrogen) atoms. The van der Waals surface area contributed by atoms with Crippen LogP contribution in [0.5, 0.6) is 0 Å². The van der Waals surface area contributed by atoms with Gasteiger partial charge in [0, 0.05) is 17.8 Å². The zero-order chi connectivity index (χ0) is 12.2. The summed E-state index contributed by atoms with van der Waals surface area (Å²) in [7, 11) is 0. The quantitative estimate of drug-likeness (QED) is 0.748. The molecule has 0 atom stereocenters. The van der Waals surface area contributed by atoms with Gasteiger partial charge >= 0.3 is 0 Å². The standard InChI is InChI=1S/C14H24N2/c1-11-6-7-12(2)13(10-11)16-9-5-8-14(3,4)15/h6-7,10,16H,5,8-9,15H2,1-4H3. The van der Waals surface area contributed by atoms with Gasteiger partial charge in [-0.2, -0.15) is 0 Å². The van der Waals surface area contributed by atoms with Crippen molar-refractivity contribution < 1.29 is 0 Å². The van der Waals surface area contributed by atoms with E-state index in [1.54, 1.807) is 0 Å². The fourth-order valence-corrected chi connectivity index (χ4v) is 1.69. The maximum atomic E-state index is 5.94. The van der Waals surface area contributed by atoms with Crippen molar-refractivity contribution in [3.05, 3.63) is 29.3 Å². The third kappa shape index (κ3) is 4.67. The molecule has 0 spiro atoms. The molecule has 0 aliphatic carbocycles. The van der Waals surface area contributed by atoms with E-state index in [9.17, 15) is 0 Å². The maximum Gasteiger partial charge on any atom is 0.0372 e. The van der Waals surface area contributed by atoms with Gasteiger partial charge in [-0.3, -0.25) is 0 Å². The number of hydrogen-bond acceptors (Lipinski definition) is 2. The molecule has 0 saturated heterocycles. The van der Waals surface area contributed by atoms with Crippen molar-refractivity contribution in [2.75, 3.05) is 11.9 Å². The van der Waals surface area contributed by atoms with Crippen LogP contribution in [0.1, 0.15) is 37.8 Å². The molecule has 0 bridgehead atoms. The first-order chi connectivity index (χ1) is 7.38. The molecule has 0 aliphatic rings. The summed E-state index contributed by atoms with van der Waals surface area (Å²) >= 11 is 0. The van der Waals surface area contributed by atoms with Crippen molar-refractivity contribution in [1.29, 1.82) is 0 Å². The van der Waals surface area contributed by atoms with E-state index >= 15 is 0 Å². The van der Waals surface area contributed by atoms with E-state index in [0.29, 0.717) is 0 Å². The molecule has 0 aliphatic heterocycles. The zero-order valence-corrected chi connectivity index (χ0v) is 10.9. The summed E-state index contributed by atoms with van der Waals surface area (Å²) in [5.74, 6) is 0. The van der Waals surface area contributed by atoms with E-state index in [0.717, 1.165) is 19.4 Å². The van der Waals surface area contributed by atoms with E-state index in [1.807, 2.05) is 0 Å². The number of rotatable bonds is 5. The zero-order valence-electron chi connectivity index (χ0n) is 10.9. The minimum atomic E-state index is -0.0523. The first-order valence-corrected chi connectivity index (χ1v) is 5.98. The van der Waals surface area contributed by atoms with Crippen LogP contribution < -0.4 is 11.1 Å². The molecule has 0 heterocycles. The Morgan fingerprint density at radius 2 is 1.94 bits per heavy atom. The number of anilines is 1. The number of aryl methyl sites for hydroxylation is 2. The molecule has 1 aromatic carbocycles. The van der Waals surface area contributed by atoms with Crippen LogP contribution >= 0.6 is 0 Å². The van der Waals surface area contributed by atoms with Gasteiger partial charge in [-0.1, -0.05) is 12.1 Å². The first kappa shape index (κ1) is 13.0. The van der Waals surface area contributed by atoms with Crippen molar-refractivity contribution in [1.82, 2.24) is 0 Å². The van der Waals surface area contributed by atoms with Gasteiger partial charge in [0.15, 0.2) is 0 Å². The van der Waals surface area contributed by atoms with E-state index in [1.165, 1.54) is 16.8 Å². The summed E-state index contributed by atoms with van der Waals surface area (Å²) in [5, 5.41) is 3.47. The van der Waals surface area contributed by atoms with Gasteiger partial charge in [-0.25, -0.2) is 0 Å². The van der Waals surface area contributed by atoms with E-state index in [-0.39, 0.29) is 5.54 Å². The van der Waals surface area contributed by atoms with Crippen molar-refractivity contribution >= 4 is 5.69 Å². The highest BCUT2D eigenvalue weighted by Crippen LogP contribution is 2.16. The predicted octanol–water partition coefficient (Wildman–Crippen LogP) is 3.23. The molecule has 0 radical (unpaired) electrons. The van der Waals surface area contributed by atoms with Gasteiger partial charge < -0.3 is 11.1 Å². The Morgan fingerprint density at radius 1 is 1.25 bits per heavy atom. The highest BCUT2D eigenvalue weighted by molar-refractivity contribution is 5.52. The molecule has 0 amide bonds. The summed E-state index contributed by atoms with van der Waals surface area (Å²) < 4.78 is 0. The van der Waals surface area contributed by atoms with Crippen LogP contribution in [0.15, 0.2) is 18.2 Å². The Labute approximate surface area is 99.2 Å². The fraction of sp³-hybridized carbons (Fsp3) is 0.571. The minimum absolute atomic E-state index is 0.0523. The average molecular weight is 220 g/mol. The van der Waals surface area contributed by atoms with E-state index in [4.69, 9.17) is 5.73 Å². The smallest absolute Gasteiger partial charge is 0.0372 e. The molecule has 3 N–H and O–H groups in total. The molecular weight excluding hydrogens is 196 g/mol. The SMILES string of the molecule is Cc1ccc(C)c(NCCCC(C)(C)N)c1. The van der Waals surface area contributed by atoms with Crippen molar-refractivity contribution in [2.24, 2.45) is 5.73 Å². The van der Waals surface area contributed by atoms with Crippen LogP contribution in [-0.2, 0) is 0 Å². The van der Waals surface area contributed by atoms with Gasteiger partial charge in [0.1, 0.15) is 0 Å². The molecule has 90 valence electrons. The third-order valence-electron chi connectivity index (χ3n) is 2.71. The predicted molar refractivity (Wildman–Crippen MR) is 71.9 cm³/mol. The lowest BCUT2D eigenvalue weighted by Crippen LogP contribution is -2.32. The molecule has 0 aromatic heterocycles. The highest BCUT2D eigenvalue weighted by atomic mass is 14.9. The van der Waals surface area contributed by atoms with Gasteiger partial charge in [0.05, 0.1) is 0 Å². The summed E-state index contributed by atoms with van der Waals surface area (Å²) in [6, 6.07) is 6.50.